The Balaban J connectivity index is 2.03. The maximum absolute atomic E-state index is 13.5. The van der Waals surface area contributed by atoms with E-state index in [1.807, 2.05) is 0 Å². The van der Waals surface area contributed by atoms with Crippen LogP contribution in [-0.2, 0) is 4.79 Å². The van der Waals surface area contributed by atoms with Crippen LogP contribution in [0.5, 0.6) is 5.75 Å². The third-order valence-electron chi connectivity index (χ3n) is 3.61. The molecule has 1 aliphatic heterocycles. The summed E-state index contributed by atoms with van der Waals surface area (Å²) in [4.78, 5) is 14.0. The van der Waals surface area contributed by atoms with Gasteiger partial charge >= 0.3 is 0 Å². The number of aliphatic hydroxyl groups is 1. The van der Waals surface area contributed by atoms with E-state index in [2.05, 4.69) is 0 Å². The topological polar surface area (TPSA) is 49.8 Å². The smallest absolute Gasteiger partial charge is 0.263 e. The number of nitrogens with zero attached hydrogens (tertiary/aromatic N) is 1. The van der Waals surface area contributed by atoms with Gasteiger partial charge in [-0.3, -0.25) is 4.79 Å². The molecule has 2 rings (SSSR count). The number of carbonyl (C=O) groups is 1. The Kier molecular flexibility index (Phi) is 4.95. The van der Waals surface area contributed by atoms with Gasteiger partial charge in [0.2, 0.25) is 0 Å². The Morgan fingerprint density at radius 3 is 2.95 bits per heavy atom. The Labute approximate surface area is 118 Å². The summed E-state index contributed by atoms with van der Waals surface area (Å²) in [6.45, 7) is 2.19. The second-order valence-corrected chi connectivity index (χ2v) is 5.05. The minimum atomic E-state index is -0.765. The van der Waals surface area contributed by atoms with Gasteiger partial charge in [-0.15, -0.1) is 0 Å². The fraction of sp³-hybridized carbons (Fsp3) is 0.533. The van der Waals surface area contributed by atoms with Gasteiger partial charge in [0.05, 0.1) is 12.6 Å². The molecule has 0 bridgehead atoms. The van der Waals surface area contributed by atoms with Crippen molar-refractivity contribution >= 4 is 5.91 Å². The number of benzene rings is 1. The normalized spacial score (nSPS) is 20.6. The second kappa shape index (κ2) is 6.70. The van der Waals surface area contributed by atoms with Crippen molar-refractivity contribution in [2.75, 3.05) is 13.2 Å². The Hall–Kier alpha value is -1.62. The number of hydrogen-bond acceptors (Lipinski definition) is 3. The van der Waals surface area contributed by atoms with Crippen molar-refractivity contribution in [3.05, 3.63) is 30.1 Å². The molecule has 2 unspecified atom stereocenters. The number of rotatable bonds is 4. The highest BCUT2D eigenvalue weighted by atomic mass is 19.1. The molecular formula is C15H20FNO3. The first-order valence-electron chi connectivity index (χ1n) is 6.96. The average molecular weight is 281 g/mol. The highest BCUT2D eigenvalue weighted by molar-refractivity contribution is 5.81. The predicted octanol–water partition coefficient (Wildman–Crippen LogP) is 1.97. The minimum absolute atomic E-state index is 0.0435. The molecule has 0 saturated carbocycles. The van der Waals surface area contributed by atoms with Gasteiger partial charge in [0.15, 0.2) is 17.7 Å². The number of piperidine rings is 1. The molecule has 4 nitrogen and oxygen atoms in total. The number of amides is 1. The van der Waals surface area contributed by atoms with Crippen LogP contribution in [-0.4, -0.2) is 41.2 Å². The summed E-state index contributed by atoms with van der Waals surface area (Å²) < 4.78 is 18.9. The first kappa shape index (κ1) is 14.8. The van der Waals surface area contributed by atoms with Crippen LogP contribution >= 0.6 is 0 Å². The number of para-hydroxylation sites is 1. The first-order valence-corrected chi connectivity index (χ1v) is 6.96. The molecule has 0 radical (unpaired) electrons. The SMILES string of the molecule is CC(Oc1ccccc1F)C(=O)N1CCCCC1CO. The van der Waals surface area contributed by atoms with Crippen molar-refractivity contribution in [3.63, 3.8) is 0 Å². The van der Waals surface area contributed by atoms with Crippen molar-refractivity contribution < 1.29 is 19.0 Å². The molecule has 0 aromatic heterocycles. The largest absolute Gasteiger partial charge is 0.478 e. The maximum atomic E-state index is 13.5. The van der Waals surface area contributed by atoms with Crippen LogP contribution in [0.15, 0.2) is 24.3 Å². The molecule has 20 heavy (non-hydrogen) atoms. The quantitative estimate of drug-likeness (QED) is 0.918. The number of carbonyl (C=O) groups excluding carboxylic acids is 1. The first-order chi connectivity index (χ1) is 9.63. The van der Waals surface area contributed by atoms with Gasteiger partial charge in [-0.25, -0.2) is 4.39 Å². The van der Waals surface area contributed by atoms with E-state index < -0.39 is 11.9 Å². The fourth-order valence-electron chi connectivity index (χ4n) is 2.50. The van der Waals surface area contributed by atoms with E-state index in [0.717, 1.165) is 19.3 Å². The van der Waals surface area contributed by atoms with Crippen LogP contribution in [0.3, 0.4) is 0 Å². The molecule has 5 heteroatoms. The molecular weight excluding hydrogens is 261 g/mol. The lowest BCUT2D eigenvalue weighted by atomic mass is 10.0. The highest BCUT2D eigenvalue weighted by Gasteiger charge is 2.30. The van der Waals surface area contributed by atoms with Gasteiger partial charge in [-0.2, -0.15) is 0 Å². The van der Waals surface area contributed by atoms with Crippen molar-refractivity contribution in [1.29, 1.82) is 0 Å². The maximum Gasteiger partial charge on any atom is 0.263 e. The number of likely N-dealkylation sites (tertiary alicyclic amines) is 1. The van der Waals surface area contributed by atoms with E-state index in [9.17, 15) is 14.3 Å². The number of aliphatic hydroxyl groups excluding tert-OH is 1. The Morgan fingerprint density at radius 2 is 2.25 bits per heavy atom. The molecule has 0 aliphatic carbocycles. The van der Waals surface area contributed by atoms with Gasteiger partial charge in [-0.1, -0.05) is 12.1 Å². The van der Waals surface area contributed by atoms with Crippen LogP contribution in [0.4, 0.5) is 4.39 Å². The third kappa shape index (κ3) is 3.28. The van der Waals surface area contributed by atoms with E-state index in [4.69, 9.17) is 4.74 Å². The molecule has 1 aliphatic rings. The van der Waals surface area contributed by atoms with Crippen LogP contribution < -0.4 is 4.74 Å². The zero-order chi connectivity index (χ0) is 14.5. The molecule has 1 aromatic carbocycles. The summed E-state index contributed by atoms with van der Waals surface area (Å²) in [5, 5.41) is 9.33. The van der Waals surface area contributed by atoms with E-state index in [1.165, 1.54) is 12.1 Å². The highest BCUT2D eigenvalue weighted by Crippen LogP contribution is 2.21. The number of hydrogen-bond donors (Lipinski definition) is 1. The average Bonchev–Trinajstić information content (AvgIpc) is 2.48. The van der Waals surface area contributed by atoms with Crippen LogP contribution in [0, 0.1) is 5.82 Å². The third-order valence-corrected chi connectivity index (χ3v) is 3.61. The van der Waals surface area contributed by atoms with Crippen LogP contribution in [0.1, 0.15) is 26.2 Å². The van der Waals surface area contributed by atoms with E-state index in [0.29, 0.717) is 6.54 Å². The van der Waals surface area contributed by atoms with Crippen molar-refractivity contribution in [2.45, 2.75) is 38.3 Å². The summed E-state index contributed by atoms with van der Waals surface area (Å²) >= 11 is 0. The monoisotopic (exact) mass is 281 g/mol. The van der Waals surface area contributed by atoms with E-state index >= 15 is 0 Å². The lowest BCUT2D eigenvalue weighted by molar-refractivity contribution is -0.142. The van der Waals surface area contributed by atoms with Crippen molar-refractivity contribution in [1.82, 2.24) is 4.90 Å². The Morgan fingerprint density at radius 1 is 1.50 bits per heavy atom. The van der Waals surface area contributed by atoms with Gasteiger partial charge in [0, 0.05) is 6.54 Å². The summed E-state index contributed by atoms with van der Waals surface area (Å²) in [6, 6.07) is 5.87. The molecule has 1 aromatic rings. The summed E-state index contributed by atoms with van der Waals surface area (Å²) in [5.41, 5.74) is 0. The molecule has 2 atom stereocenters. The van der Waals surface area contributed by atoms with Crippen LogP contribution in [0.2, 0.25) is 0 Å². The Bertz CT molecular complexity index is 466. The summed E-state index contributed by atoms with van der Waals surface area (Å²) in [6.07, 6.45) is 1.97. The summed E-state index contributed by atoms with van der Waals surface area (Å²) in [5.74, 6) is -0.609. The molecule has 1 N–H and O–H groups in total. The van der Waals surface area contributed by atoms with Crippen molar-refractivity contribution in [2.24, 2.45) is 0 Å². The number of ether oxygens (including phenoxy) is 1. The van der Waals surface area contributed by atoms with Gasteiger partial charge < -0.3 is 14.7 Å². The fourth-order valence-corrected chi connectivity index (χ4v) is 2.50. The van der Waals surface area contributed by atoms with Gasteiger partial charge in [0.25, 0.3) is 5.91 Å². The minimum Gasteiger partial charge on any atom is -0.478 e. The second-order valence-electron chi connectivity index (χ2n) is 5.05. The van der Waals surface area contributed by atoms with Crippen molar-refractivity contribution in [3.8, 4) is 5.75 Å². The lowest BCUT2D eigenvalue weighted by Gasteiger charge is -2.36. The van der Waals surface area contributed by atoms with Gasteiger partial charge in [0.1, 0.15) is 0 Å². The molecule has 1 heterocycles. The van der Waals surface area contributed by atoms with Gasteiger partial charge in [-0.05, 0) is 38.3 Å². The predicted molar refractivity (Wildman–Crippen MR) is 72.9 cm³/mol. The van der Waals surface area contributed by atoms with Crippen LogP contribution in [0.25, 0.3) is 0 Å². The molecule has 0 spiro atoms. The zero-order valence-corrected chi connectivity index (χ0v) is 11.6. The number of halogens is 1. The van der Waals surface area contributed by atoms with E-state index in [-0.39, 0.29) is 24.3 Å². The standard InChI is InChI=1S/C15H20FNO3/c1-11(20-14-8-3-2-7-13(14)16)15(19)17-9-5-4-6-12(17)10-18/h2-3,7-8,11-12,18H,4-6,9-10H2,1H3. The molecule has 1 amide bonds. The summed E-state index contributed by atoms with van der Waals surface area (Å²) in [7, 11) is 0. The molecule has 1 fully saturated rings. The van der Waals surface area contributed by atoms with E-state index in [1.54, 1.807) is 24.0 Å². The lowest BCUT2D eigenvalue weighted by Crippen LogP contribution is -2.50. The molecule has 110 valence electrons. The zero-order valence-electron chi connectivity index (χ0n) is 11.6. The molecule has 1 saturated heterocycles.